The third kappa shape index (κ3) is 5.94. The zero-order valence-electron chi connectivity index (χ0n) is 26.5. The largest absolute Gasteiger partial charge is 0.361 e. The van der Waals surface area contributed by atoms with Gasteiger partial charge in [0.1, 0.15) is 43.3 Å². The maximum atomic E-state index is 5.94. The first-order valence-corrected chi connectivity index (χ1v) is 20.3. The molecular weight excluding hydrogens is 565 g/mol. The Morgan fingerprint density at radius 3 is 1.98 bits per heavy atom. The van der Waals surface area contributed by atoms with Gasteiger partial charge in [-0.15, -0.1) is 0 Å². The Morgan fingerprint density at radius 2 is 1.34 bits per heavy atom. The molecule has 44 heavy (non-hydrogen) atoms. The fraction of sp³-hybridized carbons (Fsp3) is 0.529. The fourth-order valence-corrected chi connectivity index (χ4v) is 7.92. The predicted molar refractivity (Wildman–Crippen MR) is 179 cm³/mol. The van der Waals surface area contributed by atoms with Crippen molar-refractivity contribution in [1.82, 2.24) is 38.3 Å². The molecule has 8 rings (SSSR count). The number of hydrogen-bond acceptors (Lipinski definition) is 5. The van der Waals surface area contributed by atoms with Crippen LogP contribution in [0.2, 0.25) is 25.7 Å². The maximum Gasteiger partial charge on any atom is 0.145 e. The number of rotatable bonds is 7. The first kappa shape index (κ1) is 29.2. The Morgan fingerprint density at radius 1 is 0.750 bits per heavy atom. The van der Waals surface area contributed by atoms with Crippen LogP contribution in [0.3, 0.4) is 0 Å². The molecule has 0 saturated heterocycles. The van der Waals surface area contributed by atoms with Crippen LogP contribution in [0.1, 0.15) is 87.4 Å². The second-order valence-electron chi connectivity index (χ2n) is 14.0. The molecule has 0 aromatic carbocycles. The summed E-state index contributed by atoms with van der Waals surface area (Å²) in [5.41, 5.74) is 6.97. The summed E-state index contributed by atoms with van der Waals surface area (Å²) in [6.45, 7) is 8.55. The molecule has 1 N–H and O–H groups in total. The molecule has 0 aliphatic heterocycles. The Hall–Kier alpha value is -3.50. The van der Waals surface area contributed by atoms with Crippen molar-refractivity contribution in [2.24, 2.45) is 0 Å². The summed E-state index contributed by atoms with van der Waals surface area (Å²) >= 11 is 0. The van der Waals surface area contributed by atoms with Gasteiger partial charge in [-0.3, -0.25) is 8.80 Å². The van der Waals surface area contributed by atoms with Crippen LogP contribution in [-0.4, -0.2) is 53.0 Å². The van der Waals surface area contributed by atoms with Crippen molar-refractivity contribution in [1.29, 1.82) is 0 Å². The molecule has 9 nitrogen and oxygen atoms in total. The molecule has 2 fully saturated rings. The molecule has 0 radical (unpaired) electrons. The maximum absolute atomic E-state index is 5.94. The van der Waals surface area contributed by atoms with Crippen LogP contribution in [0.5, 0.6) is 0 Å². The minimum absolute atomic E-state index is 0.573. The van der Waals surface area contributed by atoms with E-state index in [-0.39, 0.29) is 0 Å². The third-order valence-corrected chi connectivity index (χ3v) is 11.3. The standard InChI is InChI=1S/C20H30N4OSi.C14H16N4/c1-26(2,3)12-11-25-15-23-10-9-17-19-18(16-7-5-4-6-8-16)21-13-24(19)14-22-20(17)23;1-2-4-10(5-3-1)12-13-11-6-7-15-14(11)17-9-18(13)8-16-12/h9-10,13-14,16H,4-8,11-12,15H2,1-3H3;6-10,15H,1-5H2. The number of ether oxygens (including phenoxy) is 1. The van der Waals surface area contributed by atoms with Gasteiger partial charge in [0.2, 0.25) is 0 Å². The molecule has 2 saturated carbocycles. The first-order valence-electron chi connectivity index (χ1n) is 16.6. The lowest BCUT2D eigenvalue weighted by Crippen LogP contribution is -2.22. The van der Waals surface area contributed by atoms with Gasteiger partial charge in [0, 0.05) is 49.7 Å². The minimum Gasteiger partial charge on any atom is -0.361 e. The molecule has 2 aliphatic carbocycles. The Labute approximate surface area is 260 Å². The average Bonchev–Trinajstić information content (AvgIpc) is 3.84. The highest BCUT2D eigenvalue weighted by Gasteiger charge is 2.23. The number of nitrogens with zero attached hydrogens (tertiary/aromatic N) is 7. The Balaban J connectivity index is 0.000000151. The summed E-state index contributed by atoms with van der Waals surface area (Å²) in [6.07, 6.45) is 24.8. The van der Waals surface area contributed by atoms with Crippen LogP contribution >= 0.6 is 0 Å². The minimum atomic E-state index is -1.05. The Bertz CT molecular complexity index is 1850. The summed E-state index contributed by atoms with van der Waals surface area (Å²) < 4.78 is 12.2. The average molecular weight is 611 g/mol. The highest BCUT2D eigenvalue weighted by molar-refractivity contribution is 6.76. The number of H-pyrrole nitrogens is 1. The predicted octanol–water partition coefficient (Wildman–Crippen LogP) is 8.30. The summed E-state index contributed by atoms with van der Waals surface area (Å²) in [6, 6.07) is 5.47. The van der Waals surface area contributed by atoms with Crippen LogP contribution < -0.4 is 0 Å². The van der Waals surface area contributed by atoms with E-state index in [2.05, 4.69) is 71.3 Å². The van der Waals surface area contributed by atoms with E-state index < -0.39 is 8.07 Å². The number of hydrogen-bond donors (Lipinski definition) is 1. The van der Waals surface area contributed by atoms with E-state index in [4.69, 9.17) is 9.72 Å². The van der Waals surface area contributed by atoms with Gasteiger partial charge in [-0.1, -0.05) is 58.2 Å². The lowest BCUT2D eigenvalue weighted by Gasteiger charge is -2.20. The van der Waals surface area contributed by atoms with Gasteiger partial charge in [0.05, 0.1) is 22.4 Å². The van der Waals surface area contributed by atoms with Gasteiger partial charge in [-0.2, -0.15) is 0 Å². The number of aromatic nitrogens is 8. The van der Waals surface area contributed by atoms with E-state index in [9.17, 15) is 0 Å². The molecule has 0 atom stereocenters. The summed E-state index contributed by atoms with van der Waals surface area (Å²) in [5, 5.41) is 2.38. The molecule has 6 heterocycles. The first-order chi connectivity index (χ1) is 21.5. The summed E-state index contributed by atoms with van der Waals surface area (Å²) in [4.78, 5) is 21.7. The SMILES string of the molecule is C[Si](C)(C)CCOCn1ccc2c1ncn1cnc(C3CCCCC3)c21.c1cc2c(ncn3cnc(C4CCCCC4)c23)[nH]1. The zero-order valence-corrected chi connectivity index (χ0v) is 27.5. The van der Waals surface area contributed by atoms with Gasteiger partial charge in [0.15, 0.2) is 0 Å². The molecule has 0 unspecified atom stereocenters. The molecular formula is C34H46N8OSi. The van der Waals surface area contributed by atoms with Gasteiger partial charge in [-0.25, -0.2) is 19.9 Å². The molecule has 0 bridgehead atoms. The molecule has 232 valence electrons. The normalized spacial score (nSPS) is 17.2. The highest BCUT2D eigenvalue weighted by Crippen LogP contribution is 2.37. The van der Waals surface area contributed by atoms with Crippen LogP contribution in [-0.2, 0) is 11.5 Å². The van der Waals surface area contributed by atoms with Crippen LogP contribution in [0.4, 0.5) is 0 Å². The summed E-state index contributed by atoms with van der Waals surface area (Å²) in [5.74, 6) is 1.22. The van der Waals surface area contributed by atoms with Crippen molar-refractivity contribution in [2.75, 3.05) is 6.61 Å². The number of imidazole rings is 2. The monoisotopic (exact) mass is 610 g/mol. The number of fused-ring (bicyclic) bond motifs is 6. The molecule has 2 aliphatic rings. The van der Waals surface area contributed by atoms with Gasteiger partial charge in [-0.05, 0) is 43.9 Å². The molecule has 6 aromatic heterocycles. The fourth-order valence-electron chi connectivity index (χ4n) is 7.16. The molecule has 0 spiro atoms. The van der Waals surface area contributed by atoms with E-state index in [1.165, 1.54) is 103 Å². The van der Waals surface area contributed by atoms with Crippen LogP contribution in [0, 0.1) is 0 Å². The van der Waals surface area contributed by atoms with Crippen LogP contribution in [0.25, 0.3) is 33.1 Å². The van der Waals surface area contributed by atoms with Crippen molar-refractivity contribution in [3.63, 3.8) is 0 Å². The topological polar surface area (TPSA) is 90.3 Å². The van der Waals surface area contributed by atoms with E-state index >= 15 is 0 Å². The second-order valence-corrected chi connectivity index (χ2v) is 19.7. The molecule has 0 amide bonds. The van der Waals surface area contributed by atoms with Gasteiger partial charge >= 0.3 is 0 Å². The van der Waals surface area contributed by atoms with Gasteiger partial charge < -0.3 is 14.3 Å². The van der Waals surface area contributed by atoms with Crippen molar-refractivity contribution < 1.29 is 4.74 Å². The second kappa shape index (κ2) is 12.5. The van der Waals surface area contributed by atoms with Crippen molar-refractivity contribution in [3.05, 3.63) is 61.2 Å². The lowest BCUT2D eigenvalue weighted by atomic mass is 9.86. The highest BCUT2D eigenvalue weighted by atomic mass is 28.3. The van der Waals surface area contributed by atoms with Crippen molar-refractivity contribution in [3.8, 4) is 0 Å². The van der Waals surface area contributed by atoms with E-state index in [0.717, 1.165) is 17.9 Å². The van der Waals surface area contributed by atoms with Crippen molar-refractivity contribution in [2.45, 2.75) is 108 Å². The lowest BCUT2D eigenvalue weighted by molar-refractivity contribution is 0.0899. The quantitative estimate of drug-likeness (QED) is 0.145. The zero-order chi connectivity index (χ0) is 30.1. The smallest absolute Gasteiger partial charge is 0.145 e. The van der Waals surface area contributed by atoms with E-state index in [1.807, 2.05) is 31.5 Å². The van der Waals surface area contributed by atoms with Crippen LogP contribution in [0.15, 0.2) is 49.8 Å². The molecule has 10 heteroatoms. The Kier molecular flexibility index (Phi) is 8.29. The van der Waals surface area contributed by atoms with E-state index in [1.54, 1.807) is 0 Å². The van der Waals surface area contributed by atoms with E-state index in [0.29, 0.717) is 18.6 Å². The number of aromatic amines is 1. The third-order valence-electron chi connectivity index (χ3n) is 9.64. The number of nitrogens with one attached hydrogen (secondary N) is 1. The molecule has 6 aromatic rings. The van der Waals surface area contributed by atoms with Crippen molar-refractivity contribution >= 4 is 41.2 Å². The summed E-state index contributed by atoms with van der Waals surface area (Å²) in [7, 11) is -1.05. The van der Waals surface area contributed by atoms with Gasteiger partial charge in [0.25, 0.3) is 0 Å².